The monoisotopic (exact) mass is 240 g/mol. The molecule has 1 rings (SSSR count). The Bertz CT molecular complexity index is 325. The molecule has 0 saturated carbocycles. The molecule has 0 heterocycles. The van der Waals surface area contributed by atoms with E-state index in [1.54, 1.807) is 12.3 Å². The Morgan fingerprint density at radius 2 is 2.00 bits per heavy atom. The first-order valence-electron chi connectivity index (χ1n) is 3.56. The van der Waals surface area contributed by atoms with Crippen LogP contribution in [0.4, 0.5) is 13.2 Å². The van der Waals surface area contributed by atoms with Crippen LogP contribution in [0.5, 0.6) is 5.75 Å². The summed E-state index contributed by atoms with van der Waals surface area (Å²) >= 11 is 5.19. The molecule has 0 atom stereocenters. The van der Waals surface area contributed by atoms with E-state index in [1.807, 2.05) is 0 Å². The van der Waals surface area contributed by atoms with Crippen molar-refractivity contribution in [2.24, 2.45) is 0 Å². The van der Waals surface area contributed by atoms with Crippen molar-refractivity contribution in [3.63, 3.8) is 0 Å². The highest BCUT2D eigenvalue weighted by Gasteiger charge is 2.32. The van der Waals surface area contributed by atoms with E-state index in [0.29, 0.717) is 9.79 Å². The van der Waals surface area contributed by atoms with Gasteiger partial charge >= 0.3 is 6.36 Å². The summed E-state index contributed by atoms with van der Waals surface area (Å²) in [5.74, 6) is -0.211. The van der Waals surface area contributed by atoms with Crippen molar-refractivity contribution >= 4 is 24.4 Å². The molecule has 14 heavy (non-hydrogen) atoms. The van der Waals surface area contributed by atoms with Gasteiger partial charge in [0.2, 0.25) is 0 Å². The number of rotatable bonds is 2. The Hall–Kier alpha value is -0.490. The predicted octanol–water partition coefficient (Wildman–Crippen LogP) is 3.60. The molecule has 0 aliphatic rings. The number of thiol groups is 1. The minimum absolute atomic E-state index is 0.211. The fraction of sp³-hybridized carbons (Fsp3) is 0.250. The number of alkyl halides is 3. The molecule has 0 aromatic heterocycles. The van der Waals surface area contributed by atoms with Crippen molar-refractivity contribution in [2.45, 2.75) is 16.2 Å². The normalized spacial score (nSPS) is 11.5. The minimum Gasteiger partial charge on any atom is -0.405 e. The lowest BCUT2D eigenvalue weighted by atomic mass is 10.3. The molecule has 0 unspecified atom stereocenters. The molecule has 0 spiro atoms. The summed E-state index contributed by atoms with van der Waals surface area (Å²) in [7, 11) is 0. The van der Waals surface area contributed by atoms with Gasteiger partial charge in [0.25, 0.3) is 0 Å². The molecule has 6 heteroatoms. The maximum Gasteiger partial charge on any atom is 0.573 e. The van der Waals surface area contributed by atoms with Gasteiger partial charge < -0.3 is 4.74 Å². The standard InChI is InChI=1S/C8H7F3OS2/c1-14-7-5(12-8(9,10)11)3-2-4-6(7)13/h2-4,13H,1H3. The van der Waals surface area contributed by atoms with Crippen LogP contribution in [0.3, 0.4) is 0 Å². The van der Waals surface area contributed by atoms with Crippen molar-refractivity contribution in [3.8, 4) is 5.75 Å². The number of benzene rings is 1. The Balaban J connectivity index is 3.02. The van der Waals surface area contributed by atoms with Crippen LogP contribution < -0.4 is 4.74 Å². The third-order valence-corrected chi connectivity index (χ3v) is 2.74. The summed E-state index contributed by atoms with van der Waals surface area (Å²) in [6, 6.07) is 4.33. The SMILES string of the molecule is CSc1c(S)cccc1OC(F)(F)F. The highest BCUT2D eigenvalue weighted by molar-refractivity contribution is 7.99. The van der Waals surface area contributed by atoms with Crippen molar-refractivity contribution in [3.05, 3.63) is 18.2 Å². The van der Waals surface area contributed by atoms with Gasteiger partial charge in [-0.05, 0) is 18.4 Å². The molecule has 78 valence electrons. The summed E-state index contributed by atoms with van der Waals surface area (Å²) in [4.78, 5) is 0.854. The summed E-state index contributed by atoms with van der Waals surface area (Å²) in [5, 5.41) is 0. The lowest BCUT2D eigenvalue weighted by Crippen LogP contribution is -2.17. The molecule has 0 aliphatic heterocycles. The summed E-state index contributed by atoms with van der Waals surface area (Å²) in [6.45, 7) is 0. The molecule has 0 saturated heterocycles. The van der Waals surface area contributed by atoms with Crippen LogP contribution in [0, 0.1) is 0 Å². The Kier molecular flexibility index (Phi) is 3.60. The van der Waals surface area contributed by atoms with Gasteiger partial charge in [0.1, 0.15) is 5.75 Å². The molecule has 0 amide bonds. The number of hydrogen-bond donors (Lipinski definition) is 1. The maximum atomic E-state index is 11.9. The van der Waals surface area contributed by atoms with Crippen LogP contribution in [-0.2, 0) is 0 Å². The molecule has 0 fully saturated rings. The van der Waals surface area contributed by atoms with Crippen LogP contribution in [-0.4, -0.2) is 12.6 Å². The molecular formula is C8H7F3OS2. The smallest absolute Gasteiger partial charge is 0.405 e. The number of ether oxygens (including phenoxy) is 1. The molecule has 0 aliphatic carbocycles. The van der Waals surface area contributed by atoms with Gasteiger partial charge in [-0.15, -0.1) is 37.6 Å². The lowest BCUT2D eigenvalue weighted by molar-refractivity contribution is -0.275. The van der Waals surface area contributed by atoms with Gasteiger partial charge in [0, 0.05) is 4.90 Å². The highest BCUT2D eigenvalue weighted by Crippen LogP contribution is 2.36. The number of halogens is 3. The Morgan fingerprint density at radius 1 is 1.36 bits per heavy atom. The average Bonchev–Trinajstić information content (AvgIpc) is 2.01. The van der Waals surface area contributed by atoms with E-state index in [-0.39, 0.29) is 5.75 Å². The zero-order chi connectivity index (χ0) is 10.8. The van der Waals surface area contributed by atoms with Crippen LogP contribution in [0.2, 0.25) is 0 Å². The molecule has 0 N–H and O–H groups in total. The average molecular weight is 240 g/mol. The van der Waals surface area contributed by atoms with Crippen molar-refractivity contribution < 1.29 is 17.9 Å². The highest BCUT2D eigenvalue weighted by atomic mass is 32.2. The molecule has 1 aromatic rings. The van der Waals surface area contributed by atoms with Crippen molar-refractivity contribution in [1.82, 2.24) is 0 Å². The number of hydrogen-bond acceptors (Lipinski definition) is 3. The zero-order valence-corrected chi connectivity index (χ0v) is 8.84. The first-order valence-corrected chi connectivity index (χ1v) is 5.23. The maximum absolute atomic E-state index is 11.9. The second-order valence-corrected chi connectivity index (χ2v) is 3.65. The van der Waals surface area contributed by atoms with Crippen LogP contribution >= 0.6 is 24.4 Å². The van der Waals surface area contributed by atoms with E-state index in [1.165, 1.54) is 12.1 Å². The topological polar surface area (TPSA) is 9.23 Å². The first kappa shape index (κ1) is 11.6. The Labute approximate surface area is 89.0 Å². The molecule has 1 aromatic carbocycles. The minimum atomic E-state index is -4.66. The van der Waals surface area contributed by atoms with E-state index in [9.17, 15) is 13.2 Å². The third kappa shape index (κ3) is 3.02. The Morgan fingerprint density at radius 3 is 2.50 bits per heavy atom. The van der Waals surface area contributed by atoms with E-state index >= 15 is 0 Å². The molecule has 0 radical (unpaired) electrons. The number of thioether (sulfide) groups is 1. The van der Waals surface area contributed by atoms with Gasteiger partial charge in [-0.3, -0.25) is 0 Å². The van der Waals surface area contributed by atoms with Gasteiger partial charge in [-0.1, -0.05) is 6.07 Å². The lowest BCUT2D eigenvalue weighted by Gasteiger charge is -2.12. The van der Waals surface area contributed by atoms with E-state index in [4.69, 9.17) is 0 Å². The second kappa shape index (κ2) is 4.35. The van der Waals surface area contributed by atoms with Gasteiger partial charge in [-0.2, -0.15) is 0 Å². The van der Waals surface area contributed by atoms with Gasteiger partial charge in [0.05, 0.1) is 4.90 Å². The van der Waals surface area contributed by atoms with Crippen molar-refractivity contribution in [2.75, 3.05) is 6.26 Å². The van der Waals surface area contributed by atoms with Gasteiger partial charge in [0.15, 0.2) is 0 Å². The van der Waals surface area contributed by atoms with E-state index in [0.717, 1.165) is 11.8 Å². The first-order chi connectivity index (χ1) is 6.44. The zero-order valence-electron chi connectivity index (χ0n) is 7.13. The molecular weight excluding hydrogens is 233 g/mol. The van der Waals surface area contributed by atoms with Crippen LogP contribution in [0.25, 0.3) is 0 Å². The van der Waals surface area contributed by atoms with Crippen molar-refractivity contribution in [1.29, 1.82) is 0 Å². The fourth-order valence-electron chi connectivity index (χ4n) is 0.914. The molecule has 1 nitrogen and oxygen atoms in total. The van der Waals surface area contributed by atoms with E-state index in [2.05, 4.69) is 17.4 Å². The van der Waals surface area contributed by atoms with E-state index < -0.39 is 6.36 Å². The summed E-state index contributed by atoms with van der Waals surface area (Å²) in [6.07, 6.45) is -3.00. The summed E-state index contributed by atoms with van der Waals surface area (Å²) < 4.78 is 39.6. The molecule has 0 bridgehead atoms. The summed E-state index contributed by atoms with van der Waals surface area (Å²) in [5.41, 5.74) is 0. The van der Waals surface area contributed by atoms with Crippen LogP contribution in [0.15, 0.2) is 28.0 Å². The fourth-order valence-corrected chi connectivity index (χ4v) is 1.97. The largest absolute Gasteiger partial charge is 0.573 e. The van der Waals surface area contributed by atoms with Gasteiger partial charge in [-0.25, -0.2) is 0 Å². The second-order valence-electron chi connectivity index (χ2n) is 2.36. The quantitative estimate of drug-likeness (QED) is 0.624. The predicted molar refractivity (Wildman–Crippen MR) is 52.2 cm³/mol. The van der Waals surface area contributed by atoms with Crippen LogP contribution in [0.1, 0.15) is 0 Å². The third-order valence-electron chi connectivity index (χ3n) is 1.39.